The van der Waals surface area contributed by atoms with Crippen LogP contribution in [0.4, 0.5) is 4.79 Å². The molecular formula is C12H22N2O3. The third-order valence-electron chi connectivity index (χ3n) is 3.71. The second-order valence-corrected chi connectivity index (χ2v) is 5.49. The van der Waals surface area contributed by atoms with Crippen LogP contribution >= 0.6 is 0 Å². The zero-order chi connectivity index (χ0) is 13.3. The van der Waals surface area contributed by atoms with Gasteiger partial charge in [-0.25, -0.2) is 9.59 Å². The predicted octanol–water partition coefficient (Wildman–Crippen LogP) is 1.82. The highest BCUT2D eigenvalue weighted by molar-refractivity contribution is 5.86. The van der Waals surface area contributed by atoms with Crippen molar-refractivity contribution in [2.45, 2.75) is 58.0 Å². The highest BCUT2D eigenvalue weighted by Crippen LogP contribution is 2.28. The Morgan fingerprint density at radius 3 is 2.41 bits per heavy atom. The number of hydrogen-bond acceptors (Lipinski definition) is 2. The number of carbonyl (C=O) groups excluding carboxylic acids is 1. The standard InChI is InChI=1S/C12H22N2O3/c1-5-12(4,9(15)16)13-10(17)14-8-6-7-11(14,2)3/h5-8H2,1-4H3,(H,13,17)(H,15,16). The smallest absolute Gasteiger partial charge is 0.329 e. The van der Waals surface area contributed by atoms with E-state index in [1.165, 1.54) is 6.92 Å². The van der Waals surface area contributed by atoms with Gasteiger partial charge in [0.1, 0.15) is 5.54 Å². The maximum absolute atomic E-state index is 12.1. The Balaban J connectivity index is 2.75. The van der Waals surface area contributed by atoms with Crippen LogP contribution in [0, 0.1) is 0 Å². The summed E-state index contributed by atoms with van der Waals surface area (Å²) in [5.41, 5.74) is -1.37. The van der Waals surface area contributed by atoms with Crippen molar-refractivity contribution in [3.05, 3.63) is 0 Å². The van der Waals surface area contributed by atoms with Crippen LogP contribution in [0.5, 0.6) is 0 Å². The molecular weight excluding hydrogens is 220 g/mol. The Kier molecular flexibility index (Phi) is 3.69. The lowest BCUT2D eigenvalue weighted by Crippen LogP contribution is -2.58. The topological polar surface area (TPSA) is 69.6 Å². The molecule has 5 heteroatoms. The van der Waals surface area contributed by atoms with Gasteiger partial charge in [-0.3, -0.25) is 0 Å². The Bertz CT molecular complexity index is 328. The molecule has 1 atom stereocenters. The molecule has 1 rings (SSSR count). The van der Waals surface area contributed by atoms with E-state index in [1.807, 2.05) is 13.8 Å². The van der Waals surface area contributed by atoms with Crippen LogP contribution in [-0.2, 0) is 4.79 Å². The second-order valence-electron chi connectivity index (χ2n) is 5.49. The molecule has 0 aliphatic carbocycles. The van der Waals surface area contributed by atoms with Gasteiger partial charge in [0.2, 0.25) is 0 Å². The third kappa shape index (κ3) is 2.70. The summed E-state index contributed by atoms with van der Waals surface area (Å²) in [5, 5.41) is 11.7. The summed E-state index contributed by atoms with van der Waals surface area (Å²) in [6.07, 6.45) is 2.29. The highest BCUT2D eigenvalue weighted by atomic mass is 16.4. The third-order valence-corrected chi connectivity index (χ3v) is 3.71. The first kappa shape index (κ1) is 13.8. The summed E-state index contributed by atoms with van der Waals surface area (Å²) in [4.78, 5) is 24.9. The molecule has 0 aromatic rings. The van der Waals surface area contributed by atoms with Crippen LogP contribution in [0.1, 0.15) is 47.0 Å². The number of carboxylic acid groups (broad SMARTS) is 1. The summed E-state index contributed by atoms with van der Waals surface area (Å²) in [6.45, 7) is 7.99. The zero-order valence-corrected chi connectivity index (χ0v) is 11.0. The first-order valence-electron chi connectivity index (χ1n) is 6.06. The van der Waals surface area contributed by atoms with Gasteiger partial charge < -0.3 is 15.3 Å². The first-order valence-corrected chi connectivity index (χ1v) is 6.06. The van der Waals surface area contributed by atoms with E-state index in [-0.39, 0.29) is 11.6 Å². The van der Waals surface area contributed by atoms with Gasteiger partial charge in [-0.1, -0.05) is 6.92 Å². The minimum Gasteiger partial charge on any atom is -0.480 e. The summed E-state index contributed by atoms with van der Waals surface area (Å²) in [7, 11) is 0. The van der Waals surface area contributed by atoms with Crippen molar-refractivity contribution in [3.8, 4) is 0 Å². The number of hydrogen-bond donors (Lipinski definition) is 2. The Morgan fingerprint density at radius 1 is 1.47 bits per heavy atom. The van der Waals surface area contributed by atoms with Crippen molar-refractivity contribution in [1.29, 1.82) is 0 Å². The molecule has 1 unspecified atom stereocenters. The monoisotopic (exact) mass is 242 g/mol. The fraction of sp³-hybridized carbons (Fsp3) is 0.833. The maximum atomic E-state index is 12.1. The molecule has 0 aromatic heterocycles. The van der Waals surface area contributed by atoms with E-state index < -0.39 is 11.5 Å². The fourth-order valence-electron chi connectivity index (χ4n) is 2.08. The number of nitrogens with one attached hydrogen (secondary N) is 1. The summed E-state index contributed by atoms with van der Waals surface area (Å²) < 4.78 is 0. The molecule has 5 nitrogen and oxygen atoms in total. The molecule has 1 fully saturated rings. The molecule has 0 saturated carbocycles. The first-order chi connectivity index (χ1) is 7.73. The van der Waals surface area contributed by atoms with Gasteiger partial charge in [0.05, 0.1) is 0 Å². The number of nitrogens with zero attached hydrogens (tertiary/aromatic N) is 1. The maximum Gasteiger partial charge on any atom is 0.329 e. The molecule has 1 aliphatic heterocycles. The molecule has 0 radical (unpaired) electrons. The predicted molar refractivity (Wildman–Crippen MR) is 64.9 cm³/mol. The number of urea groups is 1. The number of carboxylic acids is 1. The van der Waals surface area contributed by atoms with E-state index in [4.69, 9.17) is 5.11 Å². The van der Waals surface area contributed by atoms with Crippen LogP contribution in [0.3, 0.4) is 0 Å². The van der Waals surface area contributed by atoms with E-state index in [0.29, 0.717) is 13.0 Å². The van der Waals surface area contributed by atoms with Gasteiger partial charge in [0, 0.05) is 12.1 Å². The average molecular weight is 242 g/mol. The van der Waals surface area contributed by atoms with E-state index in [1.54, 1.807) is 11.8 Å². The normalized spacial score (nSPS) is 22.0. The number of aliphatic carboxylic acids is 1. The van der Waals surface area contributed by atoms with Gasteiger partial charge in [0.25, 0.3) is 0 Å². The van der Waals surface area contributed by atoms with Gasteiger partial charge in [-0.15, -0.1) is 0 Å². The number of likely N-dealkylation sites (tertiary alicyclic amines) is 1. The molecule has 1 aliphatic rings. The van der Waals surface area contributed by atoms with Crippen molar-refractivity contribution < 1.29 is 14.7 Å². The van der Waals surface area contributed by atoms with Crippen molar-refractivity contribution in [3.63, 3.8) is 0 Å². The fourth-order valence-corrected chi connectivity index (χ4v) is 2.08. The van der Waals surface area contributed by atoms with Gasteiger partial charge in [-0.2, -0.15) is 0 Å². The molecule has 0 spiro atoms. The minimum atomic E-state index is -1.18. The SMILES string of the molecule is CCC(C)(NC(=O)N1CCCC1(C)C)C(=O)O. The van der Waals surface area contributed by atoms with E-state index in [9.17, 15) is 9.59 Å². The summed E-state index contributed by atoms with van der Waals surface area (Å²) >= 11 is 0. The van der Waals surface area contributed by atoms with Crippen LogP contribution in [0.25, 0.3) is 0 Å². The largest absolute Gasteiger partial charge is 0.480 e. The molecule has 98 valence electrons. The molecule has 0 bridgehead atoms. The van der Waals surface area contributed by atoms with Crippen LogP contribution in [0.15, 0.2) is 0 Å². The number of amides is 2. The quantitative estimate of drug-likeness (QED) is 0.793. The molecule has 0 aromatic carbocycles. The molecule has 17 heavy (non-hydrogen) atoms. The second kappa shape index (κ2) is 4.55. The average Bonchev–Trinajstić information content (AvgIpc) is 2.57. The Hall–Kier alpha value is -1.26. The van der Waals surface area contributed by atoms with E-state index in [0.717, 1.165) is 12.8 Å². The summed E-state index contributed by atoms with van der Waals surface area (Å²) in [5.74, 6) is -0.995. The highest BCUT2D eigenvalue weighted by Gasteiger charge is 2.40. The van der Waals surface area contributed by atoms with Crippen LogP contribution in [-0.4, -0.2) is 39.6 Å². The Labute approximate surface area is 102 Å². The lowest BCUT2D eigenvalue weighted by Gasteiger charge is -2.35. The van der Waals surface area contributed by atoms with Gasteiger partial charge in [0.15, 0.2) is 0 Å². The van der Waals surface area contributed by atoms with Crippen molar-refractivity contribution in [1.82, 2.24) is 10.2 Å². The molecule has 2 amide bonds. The molecule has 2 N–H and O–H groups in total. The van der Waals surface area contributed by atoms with Crippen molar-refractivity contribution in [2.75, 3.05) is 6.54 Å². The van der Waals surface area contributed by atoms with E-state index >= 15 is 0 Å². The zero-order valence-electron chi connectivity index (χ0n) is 11.0. The molecule has 1 saturated heterocycles. The Morgan fingerprint density at radius 2 is 2.06 bits per heavy atom. The minimum absolute atomic E-state index is 0.183. The molecule has 1 heterocycles. The summed E-state index contributed by atoms with van der Waals surface area (Å²) in [6, 6.07) is -0.278. The van der Waals surface area contributed by atoms with Crippen LogP contribution < -0.4 is 5.32 Å². The van der Waals surface area contributed by atoms with Gasteiger partial charge in [-0.05, 0) is 40.0 Å². The number of carbonyl (C=O) groups is 2. The van der Waals surface area contributed by atoms with E-state index in [2.05, 4.69) is 5.32 Å². The lowest BCUT2D eigenvalue weighted by molar-refractivity contribution is -0.143. The lowest BCUT2D eigenvalue weighted by atomic mass is 9.99. The van der Waals surface area contributed by atoms with Crippen LogP contribution in [0.2, 0.25) is 0 Å². The van der Waals surface area contributed by atoms with Crippen molar-refractivity contribution >= 4 is 12.0 Å². The van der Waals surface area contributed by atoms with Crippen molar-refractivity contribution in [2.24, 2.45) is 0 Å². The van der Waals surface area contributed by atoms with Gasteiger partial charge >= 0.3 is 12.0 Å². The number of rotatable bonds is 3.